The standard InChI is InChI=1S/C23H25N3O4S/c1-3-30-23(29)25-12-10-17(11-13-25)26-21(27)19(18-5-4-14-31-18)20(22(26)28)24-16-8-6-15(2)7-9-16/h4-9,14,17,24H,3,10-13H2,1-2H3. The van der Waals surface area contributed by atoms with Gasteiger partial charge in [0, 0.05) is 29.7 Å². The molecule has 3 amide bonds. The third kappa shape index (κ3) is 4.20. The zero-order chi connectivity index (χ0) is 22.0. The van der Waals surface area contributed by atoms with Gasteiger partial charge in [0.1, 0.15) is 5.70 Å². The van der Waals surface area contributed by atoms with Crippen molar-refractivity contribution in [3.63, 3.8) is 0 Å². The van der Waals surface area contributed by atoms with Gasteiger partial charge in [-0.05, 0) is 50.3 Å². The Kier molecular flexibility index (Phi) is 6.08. The molecule has 3 heterocycles. The van der Waals surface area contributed by atoms with Crippen LogP contribution < -0.4 is 5.32 Å². The third-order valence-corrected chi connectivity index (χ3v) is 6.45. The van der Waals surface area contributed by atoms with Gasteiger partial charge in [-0.25, -0.2) is 4.79 Å². The highest BCUT2D eigenvalue weighted by atomic mass is 32.1. The summed E-state index contributed by atoms with van der Waals surface area (Å²) in [6.45, 7) is 5.00. The lowest BCUT2D eigenvalue weighted by molar-refractivity contribution is -0.140. The van der Waals surface area contributed by atoms with Crippen LogP contribution in [0.15, 0.2) is 47.5 Å². The molecular weight excluding hydrogens is 414 g/mol. The predicted octanol–water partition coefficient (Wildman–Crippen LogP) is 3.87. The minimum absolute atomic E-state index is 0.252. The number of ether oxygens (including phenoxy) is 1. The van der Waals surface area contributed by atoms with Gasteiger partial charge in [0.05, 0.1) is 12.2 Å². The minimum Gasteiger partial charge on any atom is -0.450 e. The molecule has 2 aromatic rings. The molecule has 1 saturated heterocycles. The summed E-state index contributed by atoms with van der Waals surface area (Å²) >= 11 is 1.43. The Hall–Kier alpha value is -3.13. The molecule has 0 saturated carbocycles. The summed E-state index contributed by atoms with van der Waals surface area (Å²) in [5.74, 6) is -0.597. The van der Waals surface area contributed by atoms with Crippen LogP contribution in [0.5, 0.6) is 0 Å². The van der Waals surface area contributed by atoms with E-state index >= 15 is 0 Å². The number of rotatable bonds is 5. The topological polar surface area (TPSA) is 79.0 Å². The van der Waals surface area contributed by atoms with E-state index in [0.717, 1.165) is 16.1 Å². The first-order valence-electron chi connectivity index (χ1n) is 10.4. The highest BCUT2D eigenvalue weighted by Crippen LogP contribution is 2.35. The van der Waals surface area contributed by atoms with Gasteiger partial charge in [0.15, 0.2) is 0 Å². The normalized spacial score (nSPS) is 17.5. The first-order valence-corrected chi connectivity index (χ1v) is 11.3. The number of piperidine rings is 1. The van der Waals surface area contributed by atoms with Gasteiger partial charge >= 0.3 is 6.09 Å². The lowest BCUT2D eigenvalue weighted by Gasteiger charge is -2.35. The molecule has 8 heteroatoms. The van der Waals surface area contributed by atoms with Crippen molar-refractivity contribution in [1.82, 2.24) is 9.80 Å². The number of benzene rings is 1. The Morgan fingerprint density at radius 3 is 2.45 bits per heavy atom. The number of anilines is 1. The van der Waals surface area contributed by atoms with Crippen LogP contribution in [-0.2, 0) is 14.3 Å². The van der Waals surface area contributed by atoms with E-state index in [4.69, 9.17) is 4.74 Å². The highest BCUT2D eigenvalue weighted by Gasteiger charge is 2.44. The van der Waals surface area contributed by atoms with E-state index in [0.29, 0.717) is 43.8 Å². The SMILES string of the molecule is CCOC(=O)N1CCC(N2C(=O)C(Nc3ccc(C)cc3)=C(c3cccs3)C2=O)CC1. The van der Waals surface area contributed by atoms with Gasteiger partial charge in [-0.3, -0.25) is 14.5 Å². The van der Waals surface area contributed by atoms with Crippen molar-refractivity contribution in [3.8, 4) is 0 Å². The number of carbonyl (C=O) groups is 3. The molecule has 0 aliphatic carbocycles. The second kappa shape index (κ2) is 8.93. The van der Waals surface area contributed by atoms with Crippen molar-refractivity contribution in [2.45, 2.75) is 32.7 Å². The lowest BCUT2D eigenvalue weighted by atomic mass is 10.0. The molecule has 0 atom stereocenters. The molecule has 1 aromatic carbocycles. The predicted molar refractivity (Wildman–Crippen MR) is 120 cm³/mol. The van der Waals surface area contributed by atoms with E-state index in [-0.39, 0.29) is 23.9 Å². The van der Waals surface area contributed by atoms with Gasteiger partial charge in [0.2, 0.25) is 0 Å². The van der Waals surface area contributed by atoms with Crippen molar-refractivity contribution in [3.05, 3.63) is 57.9 Å². The van der Waals surface area contributed by atoms with Crippen LogP contribution in [0.25, 0.3) is 5.57 Å². The summed E-state index contributed by atoms with van der Waals surface area (Å²) < 4.78 is 5.06. The number of hydrogen-bond donors (Lipinski definition) is 1. The highest BCUT2D eigenvalue weighted by molar-refractivity contribution is 7.11. The lowest BCUT2D eigenvalue weighted by Crippen LogP contribution is -2.49. The van der Waals surface area contributed by atoms with Crippen molar-refractivity contribution >= 4 is 40.5 Å². The second-order valence-electron chi connectivity index (χ2n) is 7.62. The number of thiophene rings is 1. The summed E-state index contributed by atoms with van der Waals surface area (Å²) in [6, 6.07) is 11.2. The van der Waals surface area contributed by atoms with Crippen LogP contribution >= 0.6 is 11.3 Å². The average Bonchev–Trinajstić information content (AvgIpc) is 3.37. The van der Waals surface area contributed by atoms with Crippen LogP contribution in [0, 0.1) is 6.92 Å². The van der Waals surface area contributed by atoms with E-state index in [9.17, 15) is 14.4 Å². The smallest absolute Gasteiger partial charge is 0.409 e. The Labute approximate surface area is 185 Å². The Balaban J connectivity index is 1.57. The van der Waals surface area contributed by atoms with Crippen LogP contribution in [0.1, 0.15) is 30.2 Å². The van der Waals surface area contributed by atoms with Crippen molar-refractivity contribution in [1.29, 1.82) is 0 Å². The maximum Gasteiger partial charge on any atom is 0.409 e. The molecule has 0 radical (unpaired) electrons. The summed E-state index contributed by atoms with van der Waals surface area (Å²) in [5, 5.41) is 5.08. The van der Waals surface area contributed by atoms with E-state index in [1.165, 1.54) is 16.2 Å². The Morgan fingerprint density at radius 2 is 1.84 bits per heavy atom. The van der Waals surface area contributed by atoms with Crippen LogP contribution in [0.3, 0.4) is 0 Å². The molecule has 162 valence electrons. The van der Waals surface area contributed by atoms with E-state index in [1.807, 2.05) is 48.7 Å². The number of nitrogens with one attached hydrogen (secondary N) is 1. The van der Waals surface area contributed by atoms with Gasteiger partial charge in [-0.15, -0.1) is 11.3 Å². The summed E-state index contributed by atoms with van der Waals surface area (Å²) in [6.07, 6.45) is 0.719. The first-order chi connectivity index (χ1) is 15.0. The fourth-order valence-corrected chi connectivity index (χ4v) is 4.71. The Bertz CT molecular complexity index is 1010. The fraction of sp³-hybridized carbons (Fsp3) is 0.348. The zero-order valence-electron chi connectivity index (χ0n) is 17.6. The van der Waals surface area contributed by atoms with Gasteiger partial charge < -0.3 is 15.0 Å². The van der Waals surface area contributed by atoms with Crippen LogP contribution in [0.2, 0.25) is 0 Å². The molecule has 7 nitrogen and oxygen atoms in total. The molecule has 1 N–H and O–H groups in total. The van der Waals surface area contributed by atoms with E-state index in [1.54, 1.807) is 11.8 Å². The number of imide groups is 1. The van der Waals surface area contributed by atoms with Gasteiger partial charge in [-0.1, -0.05) is 23.8 Å². The quantitative estimate of drug-likeness (QED) is 0.716. The molecule has 1 aromatic heterocycles. The maximum absolute atomic E-state index is 13.4. The first kappa shape index (κ1) is 21.1. The molecule has 0 spiro atoms. The molecule has 31 heavy (non-hydrogen) atoms. The fourth-order valence-electron chi connectivity index (χ4n) is 3.95. The van der Waals surface area contributed by atoms with Crippen LogP contribution in [0.4, 0.5) is 10.5 Å². The number of amides is 3. The minimum atomic E-state index is -0.348. The molecule has 0 unspecified atom stereocenters. The largest absolute Gasteiger partial charge is 0.450 e. The van der Waals surface area contributed by atoms with Crippen molar-refractivity contribution in [2.75, 3.05) is 25.0 Å². The number of carbonyl (C=O) groups excluding carboxylic acids is 3. The number of aryl methyl sites for hydroxylation is 1. The number of likely N-dealkylation sites (tertiary alicyclic amines) is 1. The van der Waals surface area contributed by atoms with Crippen LogP contribution in [-0.4, -0.2) is 53.4 Å². The summed E-state index contributed by atoms with van der Waals surface area (Å²) in [5.41, 5.74) is 2.59. The molecule has 0 bridgehead atoms. The van der Waals surface area contributed by atoms with Crippen molar-refractivity contribution < 1.29 is 19.1 Å². The number of hydrogen-bond acceptors (Lipinski definition) is 6. The van der Waals surface area contributed by atoms with E-state index in [2.05, 4.69) is 5.32 Å². The summed E-state index contributed by atoms with van der Waals surface area (Å²) in [7, 11) is 0. The summed E-state index contributed by atoms with van der Waals surface area (Å²) in [4.78, 5) is 42.5. The molecule has 2 aliphatic rings. The monoisotopic (exact) mass is 439 g/mol. The molecule has 2 aliphatic heterocycles. The number of nitrogens with zero attached hydrogens (tertiary/aromatic N) is 2. The maximum atomic E-state index is 13.4. The molecular formula is C23H25N3O4S. The molecule has 4 rings (SSSR count). The zero-order valence-corrected chi connectivity index (χ0v) is 18.4. The second-order valence-corrected chi connectivity index (χ2v) is 8.56. The third-order valence-electron chi connectivity index (χ3n) is 5.56. The van der Waals surface area contributed by atoms with Gasteiger partial charge in [0.25, 0.3) is 11.8 Å². The average molecular weight is 440 g/mol. The van der Waals surface area contributed by atoms with Gasteiger partial charge in [-0.2, -0.15) is 0 Å². The molecule has 1 fully saturated rings. The Morgan fingerprint density at radius 1 is 1.13 bits per heavy atom. The van der Waals surface area contributed by atoms with E-state index < -0.39 is 0 Å². The van der Waals surface area contributed by atoms with Crippen molar-refractivity contribution in [2.24, 2.45) is 0 Å².